The number of aryl methyl sites for hydroxylation is 1. The molecule has 0 radical (unpaired) electrons. The highest BCUT2D eigenvalue weighted by molar-refractivity contribution is 9.10. The number of hydrogen-bond donors (Lipinski definition) is 1. The Kier molecular flexibility index (Phi) is 5.75. The van der Waals surface area contributed by atoms with E-state index in [9.17, 15) is 4.79 Å². The van der Waals surface area contributed by atoms with Gasteiger partial charge in [-0.05, 0) is 54.8 Å². The average Bonchev–Trinajstić information content (AvgIpc) is 2.61. The summed E-state index contributed by atoms with van der Waals surface area (Å²) in [6.07, 6.45) is 1.74. The highest BCUT2D eigenvalue weighted by Gasteiger charge is 2.19. The van der Waals surface area contributed by atoms with Crippen LogP contribution in [0.4, 0.5) is 5.82 Å². The van der Waals surface area contributed by atoms with Gasteiger partial charge in [-0.2, -0.15) is 0 Å². The Hall–Kier alpha value is -2.47. The predicted octanol–water partition coefficient (Wildman–Crippen LogP) is 4.58. The lowest BCUT2D eigenvalue weighted by Crippen LogP contribution is -2.34. The molecule has 1 amide bonds. The molecule has 0 fully saturated rings. The maximum atomic E-state index is 13.2. The van der Waals surface area contributed by atoms with Crippen LogP contribution in [0.2, 0.25) is 0 Å². The van der Waals surface area contributed by atoms with Crippen LogP contribution in [0.5, 0.6) is 0 Å². The normalized spacial score (nSPS) is 11.1. The largest absolute Gasteiger partial charge is 0.383 e. The fourth-order valence-corrected chi connectivity index (χ4v) is 3.39. The Balaban J connectivity index is 1.93. The molecule has 1 aromatic carbocycles. The number of nitrogen functional groups attached to an aromatic ring is 1. The molecule has 6 heteroatoms. The van der Waals surface area contributed by atoms with Gasteiger partial charge in [0, 0.05) is 28.2 Å². The molecule has 0 atom stereocenters. The van der Waals surface area contributed by atoms with Crippen LogP contribution < -0.4 is 5.73 Å². The Morgan fingerprint density at radius 3 is 2.70 bits per heavy atom. The van der Waals surface area contributed by atoms with E-state index in [1.807, 2.05) is 48.2 Å². The van der Waals surface area contributed by atoms with Crippen molar-refractivity contribution in [2.24, 2.45) is 5.92 Å². The number of fused-ring (bicyclic) bond motifs is 1. The molecule has 2 heterocycles. The van der Waals surface area contributed by atoms with Crippen molar-refractivity contribution >= 4 is 38.6 Å². The number of amides is 1. The van der Waals surface area contributed by atoms with Gasteiger partial charge in [0.25, 0.3) is 5.91 Å². The molecule has 140 valence electrons. The van der Waals surface area contributed by atoms with Crippen molar-refractivity contribution in [2.45, 2.75) is 27.3 Å². The number of halogens is 1. The number of nitrogens with two attached hydrogens (primary N) is 1. The van der Waals surface area contributed by atoms with Gasteiger partial charge in [0.1, 0.15) is 5.82 Å². The summed E-state index contributed by atoms with van der Waals surface area (Å²) in [6.45, 7) is 7.24. The Morgan fingerprint density at radius 2 is 2.00 bits per heavy atom. The number of rotatable bonds is 5. The maximum absolute atomic E-state index is 13.2. The minimum atomic E-state index is -0.0122. The van der Waals surface area contributed by atoms with E-state index in [1.54, 1.807) is 6.20 Å². The molecule has 3 rings (SSSR count). The first-order valence-electron chi connectivity index (χ1n) is 8.90. The summed E-state index contributed by atoms with van der Waals surface area (Å²) < 4.78 is 0.953. The van der Waals surface area contributed by atoms with E-state index in [-0.39, 0.29) is 5.91 Å². The molecule has 3 aromatic rings. The lowest BCUT2D eigenvalue weighted by Gasteiger charge is -2.24. The summed E-state index contributed by atoms with van der Waals surface area (Å²) in [6, 6.07) is 11.3. The van der Waals surface area contributed by atoms with Gasteiger partial charge in [0.15, 0.2) is 0 Å². The van der Waals surface area contributed by atoms with Crippen molar-refractivity contribution in [3.63, 3.8) is 0 Å². The van der Waals surface area contributed by atoms with Crippen LogP contribution in [-0.4, -0.2) is 27.3 Å². The molecule has 2 N–H and O–H groups in total. The molecular weight excluding hydrogens is 404 g/mol. The highest BCUT2D eigenvalue weighted by atomic mass is 79.9. The zero-order chi connectivity index (χ0) is 19.6. The van der Waals surface area contributed by atoms with Gasteiger partial charge in [0.2, 0.25) is 0 Å². The standard InChI is InChI=1S/C21H23BrN4O/c1-13(2)11-26(12-18-10-17(22)6-7-24-18)21(27)15-4-5-19-16(9-15)8-14(3)20(23)25-19/h4-10,13H,11-12H2,1-3H3,(H2,23,25). The van der Waals surface area contributed by atoms with E-state index in [1.165, 1.54) is 0 Å². The van der Waals surface area contributed by atoms with Gasteiger partial charge in [-0.1, -0.05) is 29.8 Å². The first-order chi connectivity index (χ1) is 12.8. The van der Waals surface area contributed by atoms with Gasteiger partial charge >= 0.3 is 0 Å². The van der Waals surface area contributed by atoms with E-state index >= 15 is 0 Å². The summed E-state index contributed by atoms with van der Waals surface area (Å²) in [4.78, 5) is 23.8. The van der Waals surface area contributed by atoms with E-state index in [4.69, 9.17) is 5.73 Å². The van der Waals surface area contributed by atoms with Crippen LogP contribution in [0, 0.1) is 12.8 Å². The van der Waals surface area contributed by atoms with Crippen LogP contribution in [0.15, 0.2) is 47.1 Å². The van der Waals surface area contributed by atoms with Crippen molar-refractivity contribution in [3.8, 4) is 0 Å². The molecule has 27 heavy (non-hydrogen) atoms. The topological polar surface area (TPSA) is 72.1 Å². The Bertz CT molecular complexity index is 987. The van der Waals surface area contributed by atoms with Crippen molar-refractivity contribution < 1.29 is 4.79 Å². The number of anilines is 1. The first-order valence-corrected chi connectivity index (χ1v) is 9.69. The summed E-state index contributed by atoms with van der Waals surface area (Å²) in [5.74, 6) is 0.857. The third-order valence-electron chi connectivity index (χ3n) is 4.30. The fourth-order valence-electron chi connectivity index (χ4n) is 3.00. The monoisotopic (exact) mass is 426 g/mol. The molecule has 0 bridgehead atoms. The van der Waals surface area contributed by atoms with Crippen molar-refractivity contribution in [3.05, 3.63) is 63.9 Å². The summed E-state index contributed by atoms with van der Waals surface area (Å²) >= 11 is 3.46. The second kappa shape index (κ2) is 8.05. The van der Waals surface area contributed by atoms with Gasteiger partial charge < -0.3 is 10.6 Å². The van der Waals surface area contributed by atoms with E-state index in [0.717, 1.165) is 26.6 Å². The number of nitrogens with zero attached hydrogens (tertiary/aromatic N) is 3. The predicted molar refractivity (Wildman–Crippen MR) is 112 cm³/mol. The minimum absolute atomic E-state index is 0.0122. The average molecular weight is 427 g/mol. The Morgan fingerprint density at radius 1 is 1.22 bits per heavy atom. The number of carbonyl (C=O) groups excluding carboxylic acids is 1. The second-order valence-electron chi connectivity index (χ2n) is 7.14. The highest BCUT2D eigenvalue weighted by Crippen LogP contribution is 2.21. The molecule has 0 spiro atoms. The fraction of sp³-hybridized carbons (Fsp3) is 0.286. The van der Waals surface area contributed by atoms with E-state index in [2.05, 4.69) is 39.7 Å². The zero-order valence-corrected chi connectivity index (χ0v) is 17.3. The lowest BCUT2D eigenvalue weighted by molar-refractivity contribution is 0.0720. The molecule has 0 saturated carbocycles. The van der Waals surface area contributed by atoms with E-state index in [0.29, 0.717) is 30.4 Å². The third kappa shape index (κ3) is 4.63. The van der Waals surface area contributed by atoms with Crippen LogP contribution in [0.3, 0.4) is 0 Å². The zero-order valence-electron chi connectivity index (χ0n) is 15.7. The summed E-state index contributed by atoms with van der Waals surface area (Å²) in [7, 11) is 0. The van der Waals surface area contributed by atoms with Crippen LogP contribution >= 0.6 is 15.9 Å². The van der Waals surface area contributed by atoms with Gasteiger partial charge in [-0.15, -0.1) is 0 Å². The SMILES string of the molecule is Cc1cc2cc(C(=O)N(Cc3cc(Br)ccn3)CC(C)C)ccc2nc1N. The lowest BCUT2D eigenvalue weighted by atomic mass is 10.1. The molecule has 0 aliphatic heterocycles. The number of aromatic nitrogens is 2. The van der Waals surface area contributed by atoms with Gasteiger partial charge in [-0.25, -0.2) is 4.98 Å². The molecule has 0 aliphatic rings. The van der Waals surface area contributed by atoms with E-state index < -0.39 is 0 Å². The molecule has 0 unspecified atom stereocenters. The Labute approximate surface area is 167 Å². The molecule has 5 nitrogen and oxygen atoms in total. The van der Waals surface area contributed by atoms with Gasteiger partial charge in [0.05, 0.1) is 17.8 Å². The number of benzene rings is 1. The van der Waals surface area contributed by atoms with Crippen LogP contribution in [0.1, 0.15) is 35.5 Å². The number of hydrogen-bond acceptors (Lipinski definition) is 4. The van der Waals surface area contributed by atoms with Gasteiger partial charge in [-0.3, -0.25) is 9.78 Å². The van der Waals surface area contributed by atoms with Crippen molar-refractivity contribution in [2.75, 3.05) is 12.3 Å². The molecular formula is C21H23BrN4O. The minimum Gasteiger partial charge on any atom is -0.383 e. The molecule has 2 aromatic heterocycles. The quantitative estimate of drug-likeness (QED) is 0.647. The number of carbonyl (C=O) groups is 1. The summed E-state index contributed by atoms with van der Waals surface area (Å²) in [5.41, 5.74) is 9.08. The second-order valence-corrected chi connectivity index (χ2v) is 8.06. The summed E-state index contributed by atoms with van der Waals surface area (Å²) in [5, 5.41) is 0.914. The smallest absolute Gasteiger partial charge is 0.254 e. The van der Waals surface area contributed by atoms with Crippen molar-refractivity contribution in [1.82, 2.24) is 14.9 Å². The third-order valence-corrected chi connectivity index (χ3v) is 4.79. The number of pyridine rings is 2. The molecule has 0 saturated heterocycles. The van der Waals surface area contributed by atoms with Crippen molar-refractivity contribution in [1.29, 1.82) is 0 Å². The van der Waals surface area contributed by atoms with Crippen LogP contribution in [-0.2, 0) is 6.54 Å². The van der Waals surface area contributed by atoms with Crippen LogP contribution in [0.25, 0.3) is 10.9 Å². The first kappa shape index (κ1) is 19.3. The maximum Gasteiger partial charge on any atom is 0.254 e. The molecule has 0 aliphatic carbocycles.